The van der Waals surface area contributed by atoms with Gasteiger partial charge >= 0.3 is 5.69 Å². The van der Waals surface area contributed by atoms with Crippen LogP contribution in [0.2, 0.25) is 0 Å². The Morgan fingerprint density at radius 1 is 1.25 bits per heavy atom. The highest BCUT2D eigenvalue weighted by Crippen LogP contribution is 2.17. The van der Waals surface area contributed by atoms with Crippen LogP contribution in [0.25, 0.3) is 17.0 Å². The van der Waals surface area contributed by atoms with E-state index in [0.29, 0.717) is 16.3 Å². The van der Waals surface area contributed by atoms with Crippen LogP contribution in [0, 0.1) is 0 Å². The number of imidazole rings is 1. The van der Waals surface area contributed by atoms with E-state index in [1.54, 1.807) is 30.8 Å². The van der Waals surface area contributed by atoms with E-state index >= 15 is 0 Å². The van der Waals surface area contributed by atoms with E-state index in [9.17, 15) is 9.59 Å². The minimum atomic E-state index is -0.483. The fourth-order valence-corrected chi connectivity index (χ4v) is 2.69. The molecule has 0 amide bonds. The fourth-order valence-electron chi connectivity index (χ4n) is 2.14. The van der Waals surface area contributed by atoms with Crippen LogP contribution in [-0.2, 0) is 14.1 Å². The van der Waals surface area contributed by atoms with Crippen molar-refractivity contribution >= 4 is 22.9 Å². The number of rotatable bonds is 2. The molecule has 0 saturated heterocycles. The second-order valence-corrected chi connectivity index (χ2v) is 5.04. The van der Waals surface area contributed by atoms with Crippen molar-refractivity contribution in [2.75, 3.05) is 6.26 Å². The predicted octanol–water partition coefficient (Wildman–Crippen LogP) is 0.738. The molecule has 0 fully saturated rings. The number of furan rings is 1. The third kappa shape index (κ3) is 1.58. The quantitative estimate of drug-likeness (QED) is 0.651. The Bertz CT molecular complexity index is 902. The molecule has 0 aromatic carbocycles. The van der Waals surface area contributed by atoms with Gasteiger partial charge in [0.2, 0.25) is 5.88 Å². The number of nitrogens with zero attached hydrogens (tertiary/aromatic N) is 4. The molecule has 0 spiro atoms. The second kappa shape index (κ2) is 4.41. The average molecular weight is 292 g/mol. The second-order valence-electron chi connectivity index (χ2n) is 4.26. The summed E-state index contributed by atoms with van der Waals surface area (Å²) in [7, 11) is 3.33. The zero-order valence-corrected chi connectivity index (χ0v) is 12.0. The molecule has 0 aliphatic carbocycles. The molecule has 3 aromatic rings. The largest absolute Gasteiger partial charge is 0.448 e. The number of hydrogen-bond donors (Lipinski definition) is 0. The smallest absolute Gasteiger partial charge is 0.339 e. The summed E-state index contributed by atoms with van der Waals surface area (Å²) in [5.41, 5.74) is -0.181. The van der Waals surface area contributed by atoms with Gasteiger partial charge in [-0.05, 0) is 12.3 Å². The van der Waals surface area contributed by atoms with Crippen molar-refractivity contribution in [1.82, 2.24) is 18.7 Å². The van der Waals surface area contributed by atoms with Crippen LogP contribution in [0.4, 0.5) is 0 Å². The van der Waals surface area contributed by atoms with Crippen LogP contribution in [-0.4, -0.2) is 24.9 Å². The van der Waals surface area contributed by atoms with Crippen LogP contribution >= 0.6 is 11.8 Å². The number of fused-ring (bicyclic) bond motifs is 1. The average Bonchev–Trinajstić information content (AvgIpc) is 3.04. The lowest BCUT2D eigenvalue weighted by atomic mass is 10.5. The van der Waals surface area contributed by atoms with Crippen molar-refractivity contribution in [3.63, 3.8) is 0 Å². The lowest BCUT2D eigenvalue weighted by Crippen LogP contribution is -2.38. The Balaban J connectivity index is 2.54. The summed E-state index contributed by atoms with van der Waals surface area (Å²) in [4.78, 5) is 29.2. The number of hydrogen-bond acceptors (Lipinski definition) is 5. The van der Waals surface area contributed by atoms with Gasteiger partial charge in [-0.15, -0.1) is 0 Å². The molecule has 104 valence electrons. The van der Waals surface area contributed by atoms with Gasteiger partial charge < -0.3 is 8.98 Å². The molecule has 0 unspecified atom stereocenters. The summed E-state index contributed by atoms with van der Waals surface area (Å²) in [6, 6.07) is 3.20. The van der Waals surface area contributed by atoms with E-state index in [1.807, 2.05) is 6.26 Å². The molecule has 0 radical (unpaired) electrons. The summed E-state index contributed by atoms with van der Waals surface area (Å²) in [5, 5.41) is 0.671. The normalized spacial score (nSPS) is 11.3. The zero-order chi connectivity index (χ0) is 14.4. The van der Waals surface area contributed by atoms with E-state index in [4.69, 9.17) is 4.42 Å². The molecular weight excluding hydrogens is 280 g/mol. The molecule has 0 aliphatic rings. The number of thioether (sulfide) groups is 1. The van der Waals surface area contributed by atoms with Gasteiger partial charge in [-0.1, -0.05) is 11.8 Å². The molecular formula is C12H12N4O3S. The van der Waals surface area contributed by atoms with Gasteiger partial charge in [0, 0.05) is 20.2 Å². The van der Waals surface area contributed by atoms with Crippen LogP contribution in [0.15, 0.2) is 37.6 Å². The lowest BCUT2D eigenvalue weighted by molar-refractivity contribution is 0.522. The molecule has 0 N–H and O–H groups in total. The molecule has 8 heteroatoms. The first-order valence-corrected chi connectivity index (χ1v) is 7.05. The first-order chi connectivity index (χ1) is 9.56. The maximum atomic E-state index is 12.6. The lowest BCUT2D eigenvalue weighted by Gasteiger charge is -2.05. The monoisotopic (exact) mass is 292 g/mol. The first kappa shape index (κ1) is 12.8. The third-order valence-electron chi connectivity index (χ3n) is 3.15. The van der Waals surface area contributed by atoms with Gasteiger partial charge in [-0.2, -0.15) is 4.57 Å². The van der Waals surface area contributed by atoms with Gasteiger partial charge in [0.05, 0.1) is 6.26 Å². The highest BCUT2D eigenvalue weighted by atomic mass is 32.2. The number of aromatic nitrogens is 4. The SMILES string of the molecule is CSc1nc2c(c(=O)n(-c3ccco3)c(=O)n2C)n1C. The minimum absolute atomic E-state index is 0.199. The Morgan fingerprint density at radius 2 is 2.00 bits per heavy atom. The molecule has 20 heavy (non-hydrogen) atoms. The molecule has 0 aliphatic heterocycles. The summed E-state index contributed by atoms with van der Waals surface area (Å²) in [6.45, 7) is 0. The summed E-state index contributed by atoms with van der Waals surface area (Å²) in [5.74, 6) is 0.199. The third-order valence-corrected chi connectivity index (χ3v) is 3.88. The molecule has 0 bridgehead atoms. The maximum Gasteiger partial charge on any atom is 0.339 e. The van der Waals surface area contributed by atoms with Crippen molar-refractivity contribution in [2.45, 2.75) is 5.16 Å². The van der Waals surface area contributed by atoms with Crippen molar-refractivity contribution in [3.8, 4) is 5.88 Å². The Hall–Kier alpha value is -2.22. The van der Waals surface area contributed by atoms with Crippen molar-refractivity contribution in [2.24, 2.45) is 14.1 Å². The molecule has 0 saturated carbocycles. The van der Waals surface area contributed by atoms with E-state index in [1.165, 1.54) is 22.6 Å². The van der Waals surface area contributed by atoms with Crippen LogP contribution in [0.5, 0.6) is 0 Å². The van der Waals surface area contributed by atoms with Crippen LogP contribution in [0.1, 0.15) is 0 Å². The van der Waals surface area contributed by atoms with Crippen LogP contribution in [0.3, 0.4) is 0 Å². The molecule has 7 nitrogen and oxygen atoms in total. The van der Waals surface area contributed by atoms with Crippen LogP contribution < -0.4 is 11.2 Å². The van der Waals surface area contributed by atoms with E-state index < -0.39 is 11.2 Å². The molecule has 3 aromatic heterocycles. The first-order valence-electron chi connectivity index (χ1n) is 5.82. The maximum absolute atomic E-state index is 12.6. The Morgan fingerprint density at radius 3 is 2.60 bits per heavy atom. The summed E-state index contributed by atoms with van der Waals surface area (Å²) < 4.78 is 9.21. The summed E-state index contributed by atoms with van der Waals surface area (Å²) in [6.07, 6.45) is 3.28. The van der Waals surface area contributed by atoms with Gasteiger partial charge in [-0.25, -0.2) is 9.78 Å². The van der Waals surface area contributed by atoms with Crippen molar-refractivity contribution in [3.05, 3.63) is 39.2 Å². The number of aryl methyl sites for hydroxylation is 2. The Kier molecular flexibility index (Phi) is 2.82. The molecule has 3 heterocycles. The standard InChI is InChI=1S/C12H12N4O3S/c1-14-8-9(13-11(14)20-3)15(2)12(18)16(10(8)17)7-5-4-6-19-7/h4-6H,1-3H3. The Labute approximate surface area is 117 Å². The highest BCUT2D eigenvalue weighted by Gasteiger charge is 2.19. The van der Waals surface area contributed by atoms with Crippen molar-refractivity contribution in [1.29, 1.82) is 0 Å². The molecule has 3 rings (SSSR count). The van der Waals surface area contributed by atoms with E-state index in [-0.39, 0.29) is 5.88 Å². The van der Waals surface area contributed by atoms with Gasteiger partial charge in [0.1, 0.15) is 0 Å². The fraction of sp³-hybridized carbons (Fsp3) is 0.250. The van der Waals surface area contributed by atoms with Gasteiger partial charge in [-0.3, -0.25) is 9.36 Å². The van der Waals surface area contributed by atoms with Gasteiger partial charge in [0.15, 0.2) is 16.3 Å². The molecule has 0 atom stereocenters. The summed E-state index contributed by atoms with van der Waals surface area (Å²) >= 11 is 1.41. The minimum Gasteiger partial charge on any atom is -0.448 e. The highest BCUT2D eigenvalue weighted by molar-refractivity contribution is 7.98. The predicted molar refractivity (Wildman–Crippen MR) is 75.6 cm³/mol. The van der Waals surface area contributed by atoms with E-state index in [0.717, 1.165) is 4.57 Å². The van der Waals surface area contributed by atoms with E-state index in [2.05, 4.69) is 4.98 Å². The zero-order valence-electron chi connectivity index (χ0n) is 11.2. The van der Waals surface area contributed by atoms with Gasteiger partial charge in [0.25, 0.3) is 5.56 Å². The topological polar surface area (TPSA) is 75.0 Å². The van der Waals surface area contributed by atoms with Crippen molar-refractivity contribution < 1.29 is 4.42 Å².